The lowest BCUT2D eigenvalue weighted by Crippen LogP contribution is -2.68. The number of benzene rings is 1. The number of piperazine rings is 1. The molecule has 154 valence electrons. The van der Waals surface area contributed by atoms with Gasteiger partial charge in [0.15, 0.2) is 0 Å². The Morgan fingerprint density at radius 2 is 1.82 bits per heavy atom. The van der Waals surface area contributed by atoms with Gasteiger partial charge >= 0.3 is 0 Å². The van der Waals surface area contributed by atoms with Gasteiger partial charge in [0, 0.05) is 20.1 Å². The molecule has 0 saturated carbocycles. The van der Waals surface area contributed by atoms with E-state index < -0.39 is 27.4 Å². The van der Waals surface area contributed by atoms with Crippen molar-refractivity contribution >= 4 is 27.7 Å². The van der Waals surface area contributed by atoms with Crippen LogP contribution in [0.5, 0.6) is 0 Å². The molecule has 1 aliphatic heterocycles. The summed E-state index contributed by atoms with van der Waals surface area (Å²) in [6.07, 6.45) is 1.66. The number of hydrogen-bond donors (Lipinski definition) is 2. The smallest absolute Gasteiger partial charge is 0.247 e. The molecule has 0 spiro atoms. The molecule has 1 atom stereocenters. The summed E-state index contributed by atoms with van der Waals surface area (Å²) < 4.78 is 24.6. The summed E-state index contributed by atoms with van der Waals surface area (Å²) in [6, 6.07) is 9.66. The minimum absolute atomic E-state index is 0.171. The van der Waals surface area contributed by atoms with E-state index in [2.05, 4.69) is 10.6 Å². The van der Waals surface area contributed by atoms with Gasteiger partial charge in [-0.25, -0.2) is 8.42 Å². The molecule has 1 aliphatic rings. The third kappa shape index (κ3) is 5.29. The fourth-order valence-corrected chi connectivity index (χ4v) is 3.73. The number of carbonyl (C=O) groups is 3. The van der Waals surface area contributed by atoms with Crippen molar-refractivity contribution in [2.75, 3.05) is 39.5 Å². The van der Waals surface area contributed by atoms with Crippen LogP contribution < -0.4 is 10.6 Å². The first-order chi connectivity index (χ1) is 13.0. The second-order valence-electron chi connectivity index (χ2n) is 7.03. The zero-order chi connectivity index (χ0) is 20.9. The zero-order valence-electron chi connectivity index (χ0n) is 16.3. The third-order valence-electron chi connectivity index (χ3n) is 4.86. The van der Waals surface area contributed by atoms with Crippen LogP contribution in [-0.4, -0.2) is 80.4 Å². The highest BCUT2D eigenvalue weighted by Gasteiger charge is 2.47. The average molecular weight is 410 g/mol. The molecule has 1 fully saturated rings. The predicted octanol–water partition coefficient (Wildman–Crippen LogP) is -1.05. The SMILES string of the molecule is CN1C(=O)CN(S(C)(=O)=O)CC1(C)C(=O)NCC(=O)NCCc1ccccc1. The van der Waals surface area contributed by atoms with Crippen molar-refractivity contribution in [1.29, 1.82) is 0 Å². The van der Waals surface area contributed by atoms with Crippen molar-refractivity contribution in [3.05, 3.63) is 35.9 Å². The number of nitrogens with one attached hydrogen (secondary N) is 2. The molecule has 1 unspecified atom stereocenters. The fourth-order valence-electron chi connectivity index (χ4n) is 2.90. The number of likely N-dealkylation sites (N-methyl/N-ethyl adjacent to an activating group) is 1. The van der Waals surface area contributed by atoms with Gasteiger partial charge in [0.2, 0.25) is 27.7 Å². The van der Waals surface area contributed by atoms with Crippen LogP contribution in [0.25, 0.3) is 0 Å². The van der Waals surface area contributed by atoms with Crippen LogP contribution in [0.2, 0.25) is 0 Å². The molecule has 0 bridgehead atoms. The Labute approximate surface area is 165 Å². The lowest BCUT2D eigenvalue weighted by atomic mass is 9.96. The van der Waals surface area contributed by atoms with Crippen LogP contribution in [0.15, 0.2) is 30.3 Å². The first-order valence-corrected chi connectivity index (χ1v) is 10.7. The lowest BCUT2D eigenvalue weighted by molar-refractivity contribution is -0.150. The number of hydrogen-bond acceptors (Lipinski definition) is 5. The summed E-state index contributed by atoms with van der Waals surface area (Å²) in [7, 11) is -2.18. The number of nitrogens with zero attached hydrogens (tertiary/aromatic N) is 2. The molecule has 1 heterocycles. The van der Waals surface area contributed by atoms with Crippen LogP contribution in [0, 0.1) is 0 Å². The summed E-state index contributed by atoms with van der Waals surface area (Å²) in [6.45, 7) is 1.17. The molecule has 2 N–H and O–H groups in total. The Morgan fingerprint density at radius 1 is 1.18 bits per heavy atom. The standard InChI is InChI=1S/C18H26N4O5S/c1-18(13-22(28(3,26)27)12-16(24)21(18)2)17(25)20-11-15(23)19-10-9-14-7-5-4-6-8-14/h4-8H,9-13H2,1-3H3,(H,19,23)(H,20,25). The molecular weight excluding hydrogens is 384 g/mol. The van der Waals surface area contributed by atoms with Gasteiger partial charge in [0.1, 0.15) is 5.54 Å². The monoisotopic (exact) mass is 410 g/mol. The summed E-state index contributed by atoms with van der Waals surface area (Å²) in [5, 5.41) is 5.21. The van der Waals surface area contributed by atoms with Gasteiger partial charge in [-0.15, -0.1) is 0 Å². The Kier molecular flexibility index (Phi) is 6.78. The van der Waals surface area contributed by atoms with Crippen molar-refractivity contribution in [1.82, 2.24) is 19.8 Å². The number of sulfonamides is 1. The second kappa shape index (κ2) is 8.70. The summed E-state index contributed by atoms with van der Waals surface area (Å²) in [5.74, 6) is -1.44. The summed E-state index contributed by atoms with van der Waals surface area (Å²) in [4.78, 5) is 38.0. The van der Waals surface area contributed by atoms with Gasteiger partial charge in [0.05, 0.1) is 19.3 Å². The van der Waals surface area contributed by atoms with E-state index in [-0.39, 0.29) is 25.5 Å². The zero-order valence-corrected chi connectivity index (χ0v) is 17.1. The molecule has 1 saturated heterocycles. The van der Waals surface area contributed by atoms with E-state index in [1.165, 1.54) is 18.9 Å². The predicted molar refractivity (Wildman–Crippen MR) is 104 cm³/mol. The van der Waals surface area contributed by atoms with Crippen LogP contribution in [0.3, 0.4) is 0 Å². The van der Waals surface area contributed by atoms with Crippen molar-refractivity contribution < 1.29 is 22.8 Å². The molecular formula is C18H26N4O5S. The van der Waals surface area contributed by atoms with Gasteiger partial charge in [-0.3, -0.25) is 14.4 Å². The summed E-state index contributed by atoms with van der Waals surface area (Å²) in [5.41, 5.74) is -0.314. The van der Waals surface area contributed by atoms with E-state index in [1.54, 1.807) is 0 Å². The van der Waals surface area contributed by atoms with Gasteiger partial charge in [0.25, 0.3) is 0 Å². The van der Waals surface area contributed by atoms with Gasteiger partial charge in [-0.2, -0.15) is 4.31 Å². The molecule has 1 aromatic rings. The van der Waals surface area contributed by atoms with Crippen LogP contribution in [0.1, 0.15) is 12.5 Å². The molecule has 1 aromatic carbocycles. The van der Waals surface area contributed by atoms with Crippen molar-refractivity contribution in [3.63, 3.8) is 0 Å². The number of rotatable bonds is 7. The summed E-state index contributed by atoms with van der Waals surface area (Å²) >= 11 is 0. The molecule has 2 rings (SSSR count). The van der Waals surface area contributed by atoms with E-state index >= 15 is 0 Å². The maximum atomic E-state index is 12.6. The third-order valence-corrected chi connectivity index (χ3v) is 6.05. The average Bonchev–Trinajstić information content (AvgIpc) is 2.63. The normalized spacial score (nSPS) is 20.7. The largest absolute Gasteiger partial charge is 0.354 e. The Bertz CT molecular complexity index is 843. The quantitative estimate of drug-likeness (QED) is 0.595. The maximum Gasteiger partial charge on any atom is 0.247 e. The topological polar surface area (TPSA) is 116 Å². The Hall–Kier alpha value is -2.46. The van der Waals surface area contributed by atoms with Crippen molar-refractivity contribution in [2.24, 2.45) is 0 Å². The van der Waals surface area contributed by atoms with Crippen LogP contribution in [-0.2, 0) is 30.8 Å². The van der Waals surface area contributed by atoms with Gasteiger partial charge < -0.3 is 15.5 Å². The number of carbonyl (C=O) groups excluding carboxylic acids is 3. The first-order valence-electron chi connectivity index (χ1n) is 8.85. The van der Waals surface area contributed by atoms with E-state index in [9.17, 15) is 22.8 Å². The highest BCUT2D eigenvalue weighted by atomic mass is 32.2. The molecule has 0 radical (unpaired) electrons. The Morgan fingerprint density at radius 3 is 2.43 bits per heavy atom. The molecule has 28 heavy (non-hydrogen) atoms. The van der Waals surface area contributed by atoms with E-state index in [4.69, 9.17) is 0 Å². The van der Waals surface area contributed by atoms with Gasteiger partial charge in [-0.05, 0) is 18.9 Å². The molecule has 9 nitrogen and oxygen atoms in total. The molecule has 3 amide bonds. The van der Waals surface area contributed by atoms with Gasteiger partial charge in [-0.1, -0.05) is 30.3 Å². The fraction of sp³-hybridized carbons (Fsp3) is 0.500. The van der Waals surface area contributed by atoms with Crippen LogP contribution in [0.4, 0.5) is 0 Å². The Balaban J connectivity index is 1.89. The van der Waals surface area contributed by atoms with Crippen molar-refractivity contribution in [3.8, 4) is 0 Å². The van der Waals surface area contributed by atoms with E-state index in [1.807, 2.05) is 30.3 Å². The van der Waals surface area contributed by atoms with E-state index in [0.29, 0.717) is 13.0 Å². The molecule has 0 aliphatic carbocycles. The minimum Gasteiger partial charge on any atom is -0.354 e. The van der Waals surface area contributed by atoms with E-state index in [0.717, 1.165) is 16.1 Å². The second-order valence-corrected chi connectivity index (χ2v) is 9.01. The van der Waals surface area contributed by atoms with Crippen molar-refractivity contribution in [2.45, 2.75) is 18.9 Å². The van der Waals surface area contributed by atoms with Crippen LogP contribution >= 0.6 is 0 Å². The molecule has 10 heteroatoms. The lowest BCUT2D eigenvalue weighted by Gasteiger charge is -2.44. The highest BCUT2D eigenvalue weighted by Crippen LogP contribution is 2.22. The highest BCUT2D eigenvalue weighted by molar-refractivity contribution is 7.88. The minimum atomic E-state index is -3.63. The molecule has 0 aromatic heterocycles. The maximum absolute atomic E-state index is 12.6. The first kappa shape index (κ1) is 21.8. The number of amides is 3.